The molecule has 0 saturated carbocycles. The minimum atomic E-state index is -1.15. The van der Waals surface area contributed by atoms with Gasteiger partial charge in [0.2, 0.25) is 0 Å². The van der Waals surface area contributed by atoms with Crippen LogP contribution in [0.3, 0.4) is 0 Å². The summed E-state index contributed by atoms with van der Waals surface area (Å²) in [4.78, 5) is 34.1. The Morgan fingerprint density at radius 1 is 0.938 bits per heavy atom. The molecule has 0 aliphatic heterocycles. The van der Waals surface area contributed by atoms with Gasteiger partial charge in [0.15, 0.2) is 5.78 Å². The van der Waals surface area contributed by atoms with E-state index in [9.17, 15) is 14.4 Å². The molecule has 0 unspecified atom stereocenters. The number of hydrogen-bond acceptors (Lipinski definition) is 3. The Balaban J connectivity index is 0.00000225. The molecule has 16 heavy (non-hydrogen) atoms. The summed E-state index contributed by atoms with van der Waals surface area (Å²) < 4.78 is 0. The van der Waals surface area contributed by atoms with E-state index >= 15 is 0 Å². The molecule has 1 aromatic carbocycles. The van der Waals surface area contributed by atoms with Crippen molar-refractivity contribution in [2.24, 2.45) is 5.92 Å². The second-order valence-electron chi connectivity index (χ2n) is 3.38. The molecular weight excluding hydrogens is 256 g/mol. The van der Waals surface area contributed by atoms with Gasteiger partial charge in [-0.05, 0) is 13.8 Å². The molecule has 0 saturated heterocycles. The van der Waals surface area contributed by atoms with Crippen molar-refractivity contribution in [3.8, 4) is 0 Å². The molecule has 0 fully saturated rings. The molecule has 0 aliphatic carbocycles. The zero-order valence-corrected chi connectivity index (χ0v) is 9.93. The van der Waals surface area contributed by atoms with E-state index in [4.69, 9.17) is 0 Å². The molecule has 0 heterocycles. The molecule has 0 aliphatic rings. The fraction of sp³-hybridized carbons (Fsp3) is 0.250. The Morgan fingerprint density at radius 3 is 1.75 bits per heavy atom. The van der Waals surface area contributed by atoms with E-state index in [1.54, 1.807) is 30.3 Å². The topological polar surface area (TPSA) is 51.2 Å². The Hall–Kier alpha value is -1.25. The zero-order chi connectivity index (χ0) is 11.4. The number of hydrogen-bond donors (Lipinski definition) is 0. The van der Waals surface area contributed by atoms with Gasteiger partial charge >= 0.3 is 17.1 Å². The standard InChI is InChI=1S/C12H12O3.Cu/c1-8(13)11(9(2)14)12(15)10-6-4-3-5-7-10;/h3-7,11H,1-2H3;/q;+2. The number of ketones is 3. The van der Waals surface area contributed by atoms with Crippen molar-refractivity contribution >= 4 is 17.3 Å². The first-order valence-electron chi connectivity index (χ1n) is 4.64. The van der Waals surface area contributed by atoms with Crippen molar-refractivity contribution in [1.29, 1.82) is 0 Å². The van der Waals surface area contributed by atoms with Crippen molar-refractivity contribution < 1.29 is 31.5 Å². The van der Waals surface area contributed by atoms with Gasteiger partial charge in [0.05, 0.1) is 0 Å². The first kappa shape index (κ1) is 14.7. The van der Waals surface area contributed by atoms with Crippen molar-refractivity contribution in [3.63, 3.8) is 0 Å². The maximum atomic E-state index is 11.8. The summed E-state index contributed by atoms with van der Waals surface area (Å²) in [6.45, 7) is 2.51. The van der Waals surface area contributed by atoms with E-state index in [1.807, 2.05) is 0 Å². The Kier molecular flexibility index (Phi) is 5.86. The van der Waals surface area contributed by atoms with Crippen LogP contribution >= 0.6 is 0 Å². The minimum absolute atomic E-state index is 0. The number of benzene rings is 1. The fourth-order valence-corrected chi connectivity index (χ4v) is 1.42. The van der Waals surface area contributed by atoms with Gasteiger partial charge in [-0.1, -0.05) is 30.3 Å². The smallest absolute Gasteiger partial charge is 0.299 e. The van der Waals surface area contributed by atoms with Crippen molar-refractivity contribution in [1.82, 2.24) is 0 Å². The quantitative estimate of drug-likeness (QED) is 0.474. The fourth-order valence-electron chi connectivity index (χ4n) is 1.42. The molecule has 0 atom stereocenters. The summed E-state index contributed by atoms with van der Waals surface area (Å²) in [6, 6.07) is 8.37. The van der Waals surface area contributed by atoms with Gasteiger partial charge in [0.1, 0.15) is 17.5 Å². The number of carbonyl (C=O) groups excluding carboxylic acids is 3. The third-order valence-electron chi connectivity index (χ3n) is 2.13. The molecule has 0 spiro atoms. The molecule has 0 N–H and O–H groups in total. The molecule has 0 aromatic heterocycles. The Bertz CT molecular complexity index is 384. The Labute approximate surface area is 105 Å². The summed E-state index contributed by atoms with van der Waals surface area (Å²) in [5.74, 6) is -2.38. The van der Waals surface area contributed by atoms with Gasteiger partial charge in [-0.15, -0.1) is 0 Å². The molecule has 0 amide bonds. The van der Waals surface area contributed by atoms with Gasteiger partial charge in [-0.25, -0.2) is 0 Å². The molecule has 87 valence electrons. The summed E-state index contributed by atoms with van der Waals surface area (Å²) >= 11 is 0. The van der Waals surface area contributed by atoms with E-state index in [0.717, 1.165) is 0 Å². The van der Waals surface area contributed by atoms with Crippen LogP contribution in [-0.4, -0.2) is 17.3 Å². The Morgan fingerprint density at radius 2 is 1.38 bits per heavy atom. The summed E-state index contributed by atoms with van der Waals surface area (Å²) in [6.07, 6.45) is 0. The van der Waals surface area contributed by atoms with E-state index in [1.165, 1.54) is 13.8 Å². The molecule has 4 heteroatoms. The summed E-state index contributed by atoms with van der Waals surface area (Å²) in [5.41, 5.74) is 0.396. The maximum Gasteiger partial charge on any atom is 2.00 e. The van der Waals surface area contributed by atoms with E-state index in [0.29, 0.717) is 5.56 Å². The molecule has 1 radical (unpaired) electrons. The van der Waals surface area contributed by atoms with Crippen LogP contribution in [0.4, 0.5) is 0 Å². The van der Waals surface area contributed by atoms with Crippen molar-refractivity contribution in [2.75, 3.05) is 0 Å². The van der Waals surface area contributed by atoms with Gasteiger partial charge in [-0.2, -0.15) is 0 Å². The van der Waals surface area contributed by atoms with Crippen LogP contribution < -0.4 is 0 Å². The first-order valence-corrected chi connectivity index (χ1v) is 4.64. The van der Waals surface area contributed by atoms with Crippen LogP contribution in [0.15, 0.2) is 30.3 Å². The first-order chi connectivity index (χ1) is 7.04. The van der Waals surface area contributed by atoms with Crippen LogP contribution in [0.2, 0.25) is 0 Å². The third-order valence-corrected chi connectivity index (χ3v) is 2.13. The van der Waals surface area contributed by atoms with E-state index in [2.05, 4.69) is 0 Å². The number of Topliss-reactive ketones (excluding diaryl/α,β-unsaturated/α-hetero) is 3. The zero-order valence-electron chi connectivity index (χ0n) is 8.99. The van der Waals surface area contributed by atoms with Crippen LogP contribution in [0.25, 0.3) is 0 Å². The average molecular weight is 268 g/mol. The molecule has 3 nitrogen and oxygen atoms in total. The third kappa shape index (κ3) is 3.40. The summed E-state index contributed by atoms with van der Waals surface area (Å²) in [7, 11) is 0. The normalized spacial score (nSPS) is 9.44. The second kappa shape index (κ2) is 6.36. The van der Waals surface area contributed by atoms with Gasteiger partial charge < -0.3 is 0 Å². The predicted octanol–water partition coefficient (Wildman–Crippen LogP) is 1.66. The van der Waals surface area contributed by atoms with Crippen LogP contribution in [0, 0.1) is 5.92 Å². The van der Waals surface area contributed by atoms with Gasteiger partial charge in [0, 0.05) is 5.56 Å². The van der Waals surface area contributed by atoms with E-state index < -0.39 is 23.3 Å². The average Bonchev–Trinajstić information content (AvgIpc) is 2.18. The molecule has 1 aromatic rings. The van der Waals surface area contributed by atoms with Crippen LogP contribution in [0.1, 0.15) is 24.2 Å². The number of rotatable bonds is 4. The predicted molar refractivity (Wildman–Crippen MR) is 55.6 cm³/mol. The molecule has 1 rings (SSSR count). The molecular formula is C12H12CuO3+2. The van der Waals surface area contributed by atoms with Gasteiger partial charge in [0.25, 0.3) is 0 Å². The van der Waals surface area contributed by atoms with Crippen molar-refractivity contribution in [2.45, 2.75) is 13.8 Å². The van der Waals surface area contributed by atoms with Crippen LogP contribution in [0.5, 0.6) is 0 Å². The maximum absolute atomic E-state index is 11.8. The molecule has 0 bridgehead atoms. The van der Waals surface area contributed by atoms with E-state index in [-0.39, 0.29) is 17.1 Å². The SMILES string of the molecule is CC(=O)C(C(C)=O)C(=O)c1ccccc1.[Cu+2]. The van der Waals surface area contributed by atoms with Crippen molar-refractivity contribution in [3.05, 3.63) is 35.9 Å². The largest absolute Gasteiger partial charge is 2.00 e. The van der Waals surface area contributed by atoms with Crippen LogP contribution in [-0.2, 0) is 26.7 Å². The monoisotopic (exact) mass is 267 g/mol. The second-order valence-corrected chi connectivity index (χ2v) is 3.38. The summed E-state index contributed by atoms with van der Waals surface area (Å²) in [5, 5.41) is 0. The number of carbonyl (C=O) groups is 3. The van der Waals surface area contributed by atoms with Gasteiger partial charge in [-0.3, -0.25) is 14.4 Å². The minimum Gasteiger partial charge on any atom is -0.299 e.